The van der Waals surface area contributed by atoms with E-state index in [1.807, 2.05) is 11.8 Å². The lowest BCUT2D eigenvalue weighted by Crippen LogP contribution is -2.46. The molecule has 1 saturated carbocycles. The Bertz CT molecular complexity index is 212. The van der Waals surface area contributed by atoms with Gasteiger partial charge in [0.2, 0.25) is 5.91 Å². The molecule has 0 aromatic heterocycles. The van der Waals surface area contributed by atoms with Crippen molar-refractivity contribution >= 4 is 17.7 Å². The lowest BCUT2D eigenvalue weighted by Gasteiger charge is -2.40. The van der Waals surface area contributed by atoms with Gasteiger partial charge in [0, 0.05) is 17.8 Å². The minimum Gasteiger partial charge on any atom is -0.355 e. The van der Waals surface area contributed by atoms with Gasteiger partial charge in [-0.25, -0.2) is 0 Å². The molecule has 0 heterocycles. The second kappa shape index (κ2) is 7.17. The molecular formula is C12H24N2OS. The van der Waals surface area contributed by atoms with Crippen LogP contribution in [-0.4, -0.2) is 36.5 Å². The average Bonchev–Trinajstić information content (AvgIpc) is 2.22. The van der Waals surface area contributed by atoms with E-state index in [0.717, 1.165) is 25.9 Å². The molecule has 0 atom stereocenters. The second-order valence-corrected chi connectivity index (χ2v) is 5.82. The summed E-state index contributed by atoms with van der Waals surface area (Å²) < 4.78 is 0.420. The molecule has 0 aromatic rings. The summed E-state index contributed by atoms with van der Waals surface area (Å²) >= 11 is 1.94. The van der Waals surface area contributed by atoms with Crippen LogP contribution in [0, 0.1) is 0 Å². The van der Waals surface area contributed by atoms with E-state index in [4.69, 9.17) is 0 Å². The van der Waals surface area contributed by atoms with E-state index in [2.05, 4.69) is 23.8 Å². The molecule has 1 amide bonds. The number of amides is 1. The summed E-state index contributed by atoms with van der Waals surface area (Å²) in [7, 11) is 0. The quantitative estimate of drug-likeness (QED) is 0.640. The Hall–Kier alpha value is -0.220. The monoisotopic (exact) mass is 244 g/mol. The summed E-state index contributed by atoms with van der Waals surface area (Å²) in [5.41, 5.74) is 0. The smallest absolute Gasteiger partial charge is 0.233 e. The standard InChI is InChI=1S/C12H24N2OS/c1-3-4-8-14-11(15)9-13-10-12(16-2)6-5-7-12/h13H,3-10H2,1-2H3,(H,14,15). The molecular weight excluding hydrogens is 220 g/mol. The molecule has 4 heteroatoms. The Morgan fingerprint density at radius 3 is 2.69 bits per heavy atom. The van der Waals surface area contributed by atoms with Crippen LogP contribution in [0.5, 0.6) is 0 Å². The fourth-order valence-corrected chi connectivity index (χ4v) is 2.84. The number of carbonyl (C=O) groups excluding carboxylic acids is 1. The van der Waals surface area contributed by atoms with Gasteiger partial charge in [-0.1, -0.05) is 19.8 Å². The maximum absolute atomic E-state index is 11.4. The minimum absolute atomic E-state index is 0.129. The molecule has 0 unspecified atom stereocenters. The highest BCUT2D eigenvalue weighted by Crippen LogP contribution is 2.41. The minimum atomic E-state index is 0.129. The SMILES string of the molecule is CCCCNC(=O)CNCC1(SC)CCC1. The normalized spacial score (nSPS) is 17.9. The Balaban J connectivity index is 2.03. The highest BCUT2D eigenvalue weighted by Gasteiger charge is 2.35. The highest BCUT2D eigenvalue weighted by molar-refractivity contribution is 8.00. The number of hydrogen-bond acceptors (Lipinski definition) is 3. The highest BCUT2D eigenvalue weighted by atomic mass is 32.2. The van der Waals surface area contributed by atoms with Crippen molar-refractivity contribution < 1.29 is 4.79 Å². The molecule has 16 heavy (non-hydrogen) atoms. The Morgan fingerprint density at radius 2 is 2.19 bits per heavy atom. The fraction of sp³-hybridized carbons (Fsp3) is 0.917. The Labute approximate surface area is 103 Å². The zero-order valence-electron chi connectivity index (χ0n) is 10.5. The summed E-state index contributed by atoms with van der Waals surface area (Å²) in [6.07, 6.45) is 8.29. The fourth-order valence-electron chi connectivity index (χ4n) is 1.90. The largest absolute Gasteiger partial charge is 0.355 e. The second-order valence-electron chi connectivity index (χ2n) is 4.55. The van der Waals surface area contributed by atoms with Gasteiger partial charge in [-0.3, -0.25) is 4.79 Å². The molecule has 0 aliphatic heterocycles. The van der Waals surface area contributed by atoms with Crippen LogP contribution in [-0.2, 0) is 4.79 Å². The molecule has 0 spiro atoms. The average molecular weight is 244 g/mol. The van der Waals surface area contributed by atoms with Gasteiger partial charge in [-0.15, -0.1) is 0 Å². The van der Waals surface area contributed by atoms with Gasteiger partial charge in [0.1, 0.15) is 0 Å². The number of nitrogens with one attached hydrogen (secondary N) is 2. The lowest BCUT2D eigenvalue weighted by atomic mass is 9.84. The molecule has 1 aliphatic rings. The summed E-state index contributed by atoms with van der Waals surface area (Å²) in [6.45, 7) is 4.37. The van der Waals surface area contributed by atoms with Crippen molar-refractivity contribution in [2.45, 2.75) is 43.8 Å². The van der Waals surface area contributed by atoms with Gasteiger partial charge in [-0.05, 0) is 25.5 Å². The number of carbonyl (C=O) groups is 1. The summed E-state index contributed by atoms with van der Waals surface area (Å²) in [5, 5.41) is 6.19. The molecule has 1 fully saturated rings. The first-order chi connectivity index (χ1) is 7.72. The molecule has 1 rings (SSSR count). The number of unbranched alkanes of at least 4 members (excludes halogenated alkanes) is 1. The van der Waals surface area contributed by atoms with Gasteiger partial charge in [0.25, 0.3) is 0 Å². The van der Waals surface area contributed by atoms with E-state index in [1.165, 1.54) is 19.3 Å². The number of rotatable bonds is 8. The third kappa shape index (κ3) is 4.34. The van der Waals surface area contributed by atoms with Gasteiger partial charge in [0.05, 0.1) is 6.54 Å². The van der Waals surface area contributed by atoms with E-state index in [1.54, 1.807) is 0 Å². The number of hydrogen-bond donors (Lipinski definition) is 2. The summed E-state index contributed by atoms with van der Waals surface area (Å²) in [4.78, 5) is 11.4. The van der Waals surface area contributed by atoms with Crippen molar-refractivity contribution in [1.29, 1.82) is 0 Å². The van der Waals surface area contributed by atoms with Crippen molar-refractivity contribution in [2.75, 3.05) is 25.9 Å². The zero-order chi connectivity index (χ0) is 11.9. The zero-order valence-corrected chi connectivity index (χ0v) is 11.3. The van der Waals surface area contributed by atoms with Crippen LogP contribution in [0.25, 0.3) is 0 Å². The van der Waals surface area contributed by atoms with Crippen molar-refractivity contribution in [2.24, 2.45) is 0 Å². The molecule has 0 aromatic carbocycles. The molecule has 0 saturated heterocycles. The first-order valence-electron chi connectivity index (χ1n) is 6.25. The van der Waals surface area contributed by atoms with E-state index in [0.29, 0.717) is 11.3 Å². The topological polar surface area (TPSA) is 41.1 Å². The van der Waals surface area contributed by atoms with Gasteiger partial charge in [-0.2, -0.15) is 11.8 Å². The van der Waals surface area contributed by atoms with Crippen LogP contribution < -0.4 is 10.6 Å². The van der Waals surface area contributed by atoms with Gasteiger partial charge >= 0.3 is 0 Å². The third-order valence-electron chi connectivity index (χ3n) is 3.28. The summed E-state index contributed by atoms with van der Waals surface area (Å²) in [5.74, 6) is 0.129. The van der Waals surface area contributed by atoms with Gasteiger partial charge < -0.3 is 10.6 Å². The van der Waals surface area contributed by atoms with Crippen LogP contribution in [0.4, 0.5) is 0 Å². The molecule has 0 radical (unpaired) electrons. The first-order valence-corrected chi connectivity index (χ1v) is 7.47. The Kier molecular flexibility index (Phi) is 6.21. The van der Waals surface area contributed by atoms with E-state index >= 15 is 0 Å². The molecule has 2 N–H and O–H groups in total. The molecule has 1 aliphatic carbocycles. The van der Waals surface area contributed by atoms with Crippen molar-refractivity contribution in [3.05, 3.63) is 0 Å². The van der Waals surface area contributed by atoms with Crippen molar-refractivity contribution in [1.82, 2.24) is 10.6 Å². The van der Waals surface area contributed by atoms with Crippen LogP contribution in [0.2, 0.25) is 0 Å². The number of thioether (sulfide) groups is 1. The lowest BCUT2D eigenvalue weighted by molar-refractivity contribution is -0.120. The summed E-state index contributed by atoms with van der Waals surface area (Å²) in [6, 6.07) is 0. The van der Waals surface area contributed by atoms with Crippen molar-refractivity contribution in [3.63, 3.8) is 0 Å². The van der Waals surface area contributed by atoms with Crippen LogP contribution in [0.3, 0.4) is 0 Å². The third-order valence-corrected chi connectivity index (χ3v) is 4.70. The van der Waals surface area contributed by atoms with E-state index in [9.17, 15) is 4.79 Å². The van der Waals surface area contributed by atoms with Crippen molar-refractivity contribution in [3.8, 4) is 0 Å². The maximum Gasteiger partial charge on any atom is 0.233 e. The van der Waals surface area contributed by atoms with Crippen LogP contribution >= 0.6 is 11.8 Å². The van der Waals surface area contributed by atoms with Crippen LogP contribution in [0.1, 0.15) is 39.0 Å². The predicted molar refractivity (Wildman–Crippen MR) is 70.9 cm³/mol. The van der Waals surface area contributed by atoms with E-state index < -0.39 is 0 Å². The molecule has 0 bridgehead atoms. The predicted octanol–water partition coefficient (Wildman–Crippen LogP) is 1.78. The Morgan fingerprint density at radius 1 is 1.44 bits per heavy atom. The molecule has 94 valence electrons. The molecule has 3 nitrogen and oxygen atoms in total. The van der Waals surface area contributed by atoms with E-state index in [-0.39, 0.29) is 5.91 Å². The maximum atomic E-state index is 11.4. The van der Waals surface area contributed by atoms with Gasteiger partial charge in [0.15, 0.2) is 0 Å². The first kappa shape index (κ1) is 13.8. The van der Waals surface area contributed by atoms with Crippen LogP contribution in [0.15, 0.2) is 0 Å².